The van der Waals surface area contributed by atoms with E-state index in [1.807, 2.05) is 0 Å². The summed E-state index contributed by atoms with van der Waals surface area (Å²) in [5, 5.41) is 18.9. The van der Waals surface area contributed by atoms with Crippen LogP contribution in [0.4, 0.5) is 0 Å². The second-order valence-electron chi connectivity index (χ2n) is 5.41. The minimum absolute atomic E-state index is 0.101. The Morgan fingerprint density at radius 1 is 0.929 bits per heavy atom. The average Bonchev–Trinajstić information content (AvgIpc) is 2.53. The highest BCUT2D eigenvalue weighted by molar-refractivity contribution is 7.85. The smallest absolute Gasteiger partial charge is 0.347 e. The molecule has 150 valence electrons. The van der Waals surface area contributed by atoms with Crippen molar-refractivity contribution in [2.45, 2.75) is 10.6 Å². The molecule has 0 aliphatic carbocycles. The van der Waals surface area contributed by atoms with E-state index in [-0.39, 0.29) is 5.56 Å². The largest absolute Gasteiger partial charge is 0.507 e. The standard InChI is InChI=1S/C15H12O11S2/c16-12-3-2-9(28(23,24)25)6-10(12)15(19)26-13-4-1-8(7-27(20,21)22)5-11(13)14(17)18/h1-6,16H,7H2,(H,17,18)(H,20,21,22)(H,23,24,25). The van der Waals surface area contributed by atoms with Gasteiger partial charge in [0.2, 0.25) is 0 Å². The molecule has 2 aromatic rings. The molecule has 0 aromatic heterocycles. The van der Waals surface area contributed by atoms with Gasteiger partial charge in [0, 0.05) is 0 Å². The van der Waals surface area contributed by atoms with Gasteiger partial charge in [-0.2, -0.15) is 16.8 Å². The number of carboxylic acid groups (broad SMARTS) is 1. The molecule has 0 saturated heterocycles. The zero-order chi connectivity index (χ0) is 21.3. The summed E-state index contributed by atoms with van der Waals surface area (Å²) in [6, 6.07) is 5.15. The lowest BCUT2D eigenvalue weighted by Crippen LogP contribution is -2.13. The zero-order valence-electron chi connectivity index (χ0n) is 13.6. The molecule has 0 saturated carbocycles. The van der Waals surface area contributed by atoms with Gasteiger partial charge in [0.25, 0.3) is 20.2 Å². The van der Waals surface area contributed by atoms with Gasteiger partial charge >= 0.3 is 11.9 Å². The van der Waals surface area contributed by atoms with E-state index in [1.54, 1.807) is 0 Å². The van der Waals surface area contributed by atoms with Crippen LogP contribution in [0.1, 0.15) is 26.3 Å². The van der Waals surface area contributed by atoms with E-state index in [9.17, 15) is 36.6 Å². The molecule has 0 fully saturated rings. The highest BCUT2D eigenvalue weighted by Gasteiger charge is 2.22. The molecule has 2 aromatic carbocycles. The third kappa shape index (κ3) is 5.26. The Morgan fingerprint density at radius 3 is 2.11 bits per heavy atom. The first kappa shape index (κ1) is 21.3. The third-order valence-electron chi connectivity index (χ3n) is 3.31. The molecule has 0 heterocycles. The highest BCUT2D eigenvalue weighted by Crippen LogP contribution is 2.26. The number of ether oxygens (including phenoxy) is 1. The van der Waals surface area contributed by atoms with Gasteiger partial charge in [0.05, 0.1) is 4.90 Å². The first-order valence-electron chi connectivity index (χ1n) is 7.12. The fourth-order valence-electron chi connectivity index (χ4n) is 2.13. The normalized spacial score (nSPS) is 11.8. The summed E-state index contributed by atoms with van der Waals surface area (Å²) in [5.41, 5.74) is -1.40. The number of carbonyl (C=O) groups is 2. The van der Waals surface area contributed by atoms with E-state index in [4.69, 9.17) is 13.8 Å². The number of aromatic carboxylic acids is 1. The molecule has 0 spiro atoms. The van der Waals surface area contributed by atoms with Crippen LogP contribution in [-0.2, 0) is 26.0 Å². The number of esters is 1. The second-order valence-corrected chi connectivity index (χ2v) is 8.28. The molecular formula is C15H12O11S2. The monoisotopic (exact) mass is 432 g/mol. The van der Waals surface area contributed by atoms with Crippen LogP contribution in [0.25, 0.3) is 0 Å². The zero-order valence-corrected chi connectivity index (χ0v) is 15.3. The van der Waals surface area contributed by atoms with E-state index in [2.05, 4.69) is 0 Å². The van der Waals surface area contributed by atoms with Gasteiger partial charge in [0.1, 0.15) is 28.4 Å². The quantitative estimate of drug-likeness (QED) is 0.288. The Hall–Kier alpha value is -3.00. The topological polar surface area (TPSA) is 193 Å². The molecule has 0 bridgehead atoms. The van der Waals surface area contributed by atoms with Crippen molar-refractivity contribution in [2.75, 3.05) is 0 Å². The number of hydrogen-bond acceptors (Lipinski definition) is 8. The summed E-state index contributed by atoms with van der Waals surface area (Å²) in [6.45, 7) is 0. The van der Waals surface area contributed by atoms with Crippen LogP contribution in [0, 0.1) is 0 Å². The minimum atomic E-state index is -4.69. The van der Waals surface area contributed by atoms with E-state index in [0.29, 0.717) is 6.07 Å². The van der Waals surface area contributed by atoms with Crippen molar-refractivity contribution in [3.63, 3.8) is 0 Å². The second kappa shape index (κ2) is 7.55. The fourth-order valence-corrected chi connectivity index (χ4v) is 3.24. The van der Waals surface area contributed by atoms with Crippen LogP contribution in [0.5, 0.6) is 11.5 Å². The molecule has 0 aliphatic heterocycles. The number of aromatic hydroxyl groups is 1. The summed E-state index contributed by atoms with van der Waals surface area (Å²) in [4.78, 5) is 22.9. The number of carbonyl (C=O) groups excluding carboxylic acids is 1. The molecule has 28 heavy (non-hydrogen) atoms. The lowest BCUT2D eigenvalue weighted by Gasteiger charge is -2.10. The molecule has 4 N–H and O–H groups in total. The summed E-state index contributed by atoms with van der Waals surface area (Å²) >= 11 is 0. The van der Waals surface area contributed by atoms with Gasteiger partial charge in [-0.3, -0.25) is 9.11 Å². The van der Waals surface area contributed by atoms with Crippen LogP contribution in [0.2, 0.25) is 0 Å². The maximum atomic E-state index is 12.2. The van der Waals surface area contributed by atoms with Crippen molar-refractivity contribution in [3.8, 4) is 11.5 Å². The van der Waals surface area contributed by atoms with E-state index < -0.39 is 65.4 Å². The molecular weight excluding hydrogens is 420 g/mol. The Bertz CT molecular complexity index is 1160. The average molecular weight is 432 g/mol. The maximum Gasteiger partial charge on any atom is 0.347 e. The van der Waals surface area contributed by atoms with Gasteiger partial charge in [0.15, 0.2) is 0 Å². The highest BCUT2D eigenvalue weighted by atomic mass is 32.2. The number of benzene rings is 2. The van der Waals surface area contributed by atoms with Gasteiger partial charge < -0.3 is 14.9 Å². The lowest BCUT2D eigenvalue weighted by molar-refractivity contribution is 0.0680. The first-order valence-corrected chi connectivity index (χ1v) is 10.2. The number of carboxylic acids is 1. The molecule has 0 atom stereocenters. The third-order valence-corrected chi connectivity index (χ3v) is 4.86. The summed E-state index contributed by atoms with van der Waals surface area (Å²) in [6.07, 6.45) is 0. The Balaban J connectivity index is 2.43. The predicted molar refractivity (Wildman–Crippen MR) is 91.5 cm³/mol. The van der Waals surface area contributed by atoms with E-state index in [0.717, 1.165) is 30.3 Å². The van der Waals surface area contributed by atoms with Crippen molar-refractivity contribution in [1.29, 1.82) is 0 Å². The number of rotatable bonds is 6. The van der Waals surface area contributed by atoms with Crippen molar-refractivity contribution in [3.05, 3.63) is 53.1 Å². The van der Waals surface area contributed by atoms with Crippen molar-refractivity contribution in [2.24, 2.45) is 0 Å². The summed E-state index contributed by atoms with van der Waals surface area (Å²) in [7, 11) is -9.12. The molecule has 11 nitrogen and oxygen atoms in total. The van der Waals surface area contributed by atoms with Crippen LogP contribution in [-0.4, -0.2) is 48.1 Å². The maximum absolute atomic E-state index is 12.2. The number of phenolic OH excluding ortho intramolecular Hbond substituents is 1. The van der Waals surface area contributed by atoms with Crippen LogP contribution >= 0.6 is 0 Å². The van der Waals surface area contributed by atoms with Crippen LogP contribution in [0.3, 0.4) is 0 Å². The van der Waals surface area contributed by atoms with Gasteiger partial charge in [-0.15, -0.1) is 0 Å². The molecule has 0 unspecified atom stereocenters. The van der Waals surface area contributed by atoms with E-state index >= 15 is 0 Å². The SMILES string of the molecule is O=C(Oc1ccc(CS(=O)(=O)O)cc1C(=O)O)c1cc(S(=O)(=O)O)ccc1O. The molecule has 2 rings (SSSR count). The predicted octanol–water partition coefficient (Wildman–Crippen LogP) is 0.944. The van der Waals surface area contributed by atoms with Crippen LogP contribution < -0.4 is 4.74 Å². The first-order chi connectivity index (χ1) is 12.8. The summed E-state index contributed by atoms with van der Waals surface area (Å²) < 4.78 is 66.8. The van der Waals surface area contributed by atoms with Crippen LogP contribution in [0.15, 0.2) is 41.3 Å². The Kier molecular flexibility index (Phi) is 5.75. The summed E-state index contributed by atoms with van der Waals surface area (Å²) in [5.74, 6) is -5.03. The lowest BCUT2D eigenvalue weighted by atomic mass is 10.1. The number of hydrogen-bond donors (Lipinski definition) is 4. The van der Waals surface area contributed by atoms with Crippen molar-refractivity contribution in [1.82, 2.24) is 0 Å². The minimum Gasteiger partial charge on any atom is -0.507 e. The molecule has 0 aliphatic rings. The van der Waals surface area contributed by atoms with Crippen molar-refractivity contribution < 1.29 is 50.5 Å². The van der Waals surface area contributed by atoms with Crippen molar-refractivity contribution >= 4 is 32.2 Å². The molecule has 13 heteroatoms. The van der Waals surface area contributed by atoms with E-state index in [1.165, 1.54) is 0 Å². The number of phenols is 1. The Labute approximate surface area is 158 Å². The van der Waals surface area contributed by atoms with Gasteiger partial charge in [-0.05, 0) is 35.9 Å². The Morgan fingerprint density at radius 2 is 1.57 bits per heavy atom. The molecule has 0 amide bonds. The fraction of sp³-hybridized carbons (Fsp3) is 0.0667. The van der Waals surface area contributed by atoms with Gasteiger partial charge in [-0.1, -0.05) is 6.07 Å². The molecule has 0 radical (unpaired) electrons. The van der Waals surface area contributed by atoms with Gasteiger partial charge in [-0.25, -0.2) is 9.59 Å².